The standard InChI is InChI=1S/C29H28F4N4O4/c1-27(34)15-35-26-20(27)14-23(36-25(26)16-2-5-19(30)6-3-16)28(41,29(31,32)33)9-8-22(39)17-4-7-21-18(12-17)13-24(40)37(21)10-11-38/h2-7,12,14,35,38,41H,8-11,13,15,34H2,1H3/t27-,28-/m1/s1. The van der Waals surface area contributed by atoms with Gasteiger partial charge in [-0.3, -0.25) is 9.59 Å². The van der Waals surface area contributed by atoms with Crippen LogP contribution >= 0.6 is 0 Å². The van der Waals surface area contributed by atoms with E-state index in [-0.39, 0.29) is 43.3 Å². The summed E-state index contributed by atoms with van der Waals surface area (Å²) in [6.07, 6.45) is -6.90. The highest BCUT2D eigenvalue weighted by molar-refractivity contribution is 6.03. The Morgan fingerprint density at radius 2 is 1.88 bits per heavy atom. The number of carbonyl (C=O) groups is 2. The van der Waals surface area contributed by atoms with Crippen molar-refractivity contribution in [2.75, 3.05) is 29.9 Å². The number of anilines is 2. The zero-order valence-corrected chi connectivity index (χ0v) is 22.1. The van der Waals surface area contributed by atoms with Crippen LogP contribution in [0.15, 0.2) is 48.5 Å². The van der Waals surface area contributed by atoms with Crippen molar-refractivity contribution in [3.8, 4) is 11.3 Å². The molecular weight excluding hydrogens is 544 g/mol. The van der Waals surface area contributed by atoms with Gasteiger partial charge in [-0.25, -0.2) is 9.37 Å². The summed E-state index contributed by atoms with van der Waals surface area (Å²) in [5.41, 5.74) is 3.25. The number of aromatic nitrogens is 1. The lowest BCUT2D eigenvalue weighted by molar-refractivity contribution is -0.270. The molecule has 5 rings (SSSR count). The summed E-state index contributed by atoms with van der Waals surface area (Å²) < 4.78 is 57.2. The Morgan fingerprint density at radius 3 is 2.54 bits per heavy atom. The summed E-state index contributed by atoms with van der Waals surface area (Å²) in [4.78, 5) is 30.9. The van der Waals surface area contributed by atoms with Crippen LogP contribution < -0.4 is 16.0 Å². The van der Waals surface area contributed by atoms with Crippen LogP contribution in [-0.2, 0) is 22.4 Å². The summed E-state index contributed by atoms with van der Waals surface area (Å²) in [5.74, 6) is -1.46. The number of nitrogens with one attached hydrogen (secondary N) is 1. The molecule has 1 aromatic heterocycles. The fourth-order valence-corrected chi connectivity index (χ4v) is 5.33. The number of pyridine rings is 1. The number of ketones is 1. The van der Waals surface area contributed by atoms with E-state index in [2.05, 4.69) is 10.3 Å². The van der Waals surface area contributed by atoms with Crippen molar-refractivity contribution in [1.82, 2.24) is 4.98 Å². The fourth-order valence-electron chi connectivity index (χ4n) is 5.33. The molecule has 3 heterocycles. The fraction of sp³-hybridized carbons (Fsp3) is 0.345. The largest absolute Gasteiger partial charge is 0.422 e. The molecule has 41 heavy (non-hydrogen) atoms. The second-order valence-corrected chi connectivity index (χ2v) is 10.6. The molecule has 2 aliphatic heterocycles. The number of rotatable bonds is 8. The minimum absolute atomic E-state index is 0.0000416. The number of fused-ring (bicyclic) bond motifs is 2. The van der Waals surface area contributed by atoms with E-state index >= 15 is 0 Å². The quantitative estimate of drug-likeness (QED) is 0.239. The van der Waals surface area contributed by atoms with Crippen LogP contribution in [0.3, 0.4) is 0 Å². The Kier molecular flexibility index (Phi) is 7.13. The number of amides is 1. The number of aliphatic hydroxyl groups excluding tert-OH is 1. The van der Waals surface area contributed by atoms with Crippen molar-refractivity contribution < 1.29 is 37.4 Å². The summed E-state index contributed by atoms with van der Waals surface area (Å²) in [6, 6.07) is 10.5. The molecule has 0 radical (unpaired) electrons. The number of Topliss-reactive ketones (excluding diaryl/α,β-unsaturated/α-hetero) is 1. The van der Waals surface area contributed by atoms with Gasteiger partial charge in [-0.1, -0.05) is 0 Å². The van der Waals surface area contributed by atoms with Crippen molar-refractivity contribution in [1.29, 1.82) is 0 Å². The number of hydrogen-bond acceptors (Lipinski definition) is 7. The normalized spacial score (nSPS) is 19.5. The average Bonchev–Trinajstić information content (AvgIpc) is 3.40. The van der Waals surface area contributed by atoms with Crippen molar-refractivity contribution in [3.05, 3.63) is 76.7 Å². The lowest BCUT2D eigenvalue weighted by atomic mass is 9.86. The van der Waals surface area contributed by atoms with Crippen LogP contribution in [0.4, 0.5) is 28.9 Å². The highest BCUT2D eigenvalue weighted by Crippen LogP contribution is 2.47. The van der Waals surface area contributed by atoms with Crippen LogP contribution in [0.1, 0.15) is 46.9 Å². The molecule has 216 valence electrons. The Labute approximate surface area is 232 Å². The maximum Gasteiger partial charge on any atom is 0.422 e. The molecule has 0 spiro atoms. The van der Waals surface area contributed by atoms with Crippen molar-refractivity contribution in [2.45, 2.75) is 43.5 Å². The highest BCUT2D eigenvalue weighted by atomic mass is 19.4. The maximum atomic E-state index is 14.6. The number of nitrogens with zero attached hydrogens (tertiary/aromatic N) is 2. The molecule has 0 fully saturated rings. The molecule has 5 N–H and O–H groups in total. The van der Waals surface area contributed by atoms with Crippen molar-refractivity contribution in [2.24, 2.45) is 5.73 Å². The van der Waals surface area contributed by atoms with Crippen LogP contribution in [0.2, 0.25) is 0 Å². The van der Waals surface area contributed by atoms with Crippen molar-refractivity contribution in [3.63, 3.8) is 0 Å². The molecule has 12 heteroatoms. The van der Waals surface area contributed by atoms with E-state index in [9.17, 15) is 37.4 Å². The molecule has 2 atom stereocenters. The van der Waals surface area contributed by atoms with E-state index < -0.39 is 47.5 Å². The van der Waals surface area contributed by atoms with Gasteiger partial charge >= 0.3 is 6.18 Å². The third kappa shape index (κ3) is 5.07. The molecule has 0 aliphatic carbocycles. The SMILES string of the molecule is C[C@@]1(N)CNc2c1cc([C@](O)(CCC(=O)c1ccc3c(c1)CC(=O)N3CCO)C(F)(F)F)nc2-c1ccc(F)cc1. The monoisotopic (exact) mass is 572 g/mol. The summed E-state index contributed by atoms with van der Waals surface area (Å²) in [5, 5.41) is 23.4. The number of nitrogens with two attached hydrogens (primary N) is 1. The number of benzene rings is 2. The van der Waals surface area contributed by atoms with Gasteiger partial charge in [0.2, 0.25) is 11.5 Å². The zero-order valence-electron chi connectivity index (χ0n) is 22.1. The summed E-state index contributed by atoms with van der Waals surface area (Å²) >= 11 is 0. The number of aliphatic hydroxyl groups is 2. The second kappa shape index (κ2) is 10.2. The Bertz CT molecular complexity index is 1520. The van der Waals surface area contributed by atoms with Gasteiger partial charge in [-0.2, -0.15) is 13.2 Å². The molecular formula is C29H28F4N4O4. The van der Waals surface area contributed by atoms with Crippen LogP contribution in [0.5, 0.6) is 0 Å². The van der Waals surface area contributed by atoms with Crippen LogP contribution in [0.25, 0.3) is 11.3 Å². The molecule has 8 nitrogen and oxygen atoms in total. The van der Waals surface area contributed by atoms with Gasteiger partial charge in [0.05, 0.1) is 35.6 Å². The van der Waals surface area contributed by atoms with E-state index in [0.717, 1.165) is 18.2 Å². The van der Waals surface area contributed by atoms with Gasteiger partial charge in [0.15, 0.2) is 5.78 Å². The van der Waals surface area contributed by atoms with Gasteiger partial charge < -0.3 is 26.2 Å². The predicted octanol–water partition coefficient (Wildman–Crippen LogP) is 3.78. The van der Waals surface area contributed by atoms with Gasteiger partial charge in [0, 0.05) is 41.9 Å². The molecule has 1 amide bonds. The van der Waals surface area contributed by atoms with E-state index in [1.165, 1.54) is 35.2 Å². The Morgan fingerprint density at radius 1 is 1.17 bits per heavy atom. The molecule has 0 saturated heterocycles. The topological polar surface area (TPSA) is 129 Å². The molecule has 2 aliphatic rings. The van der Waals surface area contributed by atoms with E-state index in [1.54, 1.807) is 6.92 Å². The lowest BCUT2D eigenvalue weighted by Crippen LogP contribution is -2.44. The minimum atomic E-state index is -5.21. The minimum Gasteiger partial charge on any atom is -0.395 e. The number of carbonyl (C=O) groups excluding carboxylic acids is 2. The molecule has 3 aromatic rings. The average molecular weight is 573 g/mol. The lowest BCUT2D eigenvalue weighted by Gasteiger charge is -2.31. The zero-order chi connectivity index (χ0) is 29.7. The van der Waals surface area contributed by atoms with Gasteiger partial charge in [-0.05, 0) is 67.4 Å². The first-order valence-corrected chi connectivity index (χ1v) is 13.0. The first-order valence-electron chi connectivity index (χ1n) is 13.0. The van der Waals surface area contributed by atoms with Gasteiger partial charge in [0.1, 0.15) is 5.82 Å². The summed E-state index contributed by atoms with van der Waals surface area (Å²) in [7, 11) is 0. The first-order chi connectivity index (χ1) is 19.2. The highest BCUT2D eigenvalue weighted by Gasteiger charge is 2.56. The van der Waals surface area contributed by atoms with Gasteiger partial charge in [-0.15, -0.1) is 0 Å². The number of hydrogen-bond donors (Lipinski definition) is 4. The third-order valence-corrected chi connectivity index (χ3v) is 7.65. The van der Waals surface area contributed by atoms with Crippen molar-refractivity contribution >= 4 is 23.1 Å². The molecule has 2 aromatic carbocycles. The Balaban J connectivity index is 1.49. The van der Waals surface area contributed by atoms with E-state index in [4.69, 9.17) is 5.73 Å². The predicted molar refractivity (Wildman–Crippen MR) is 143 cm³/mol. The van der Waals surface area contributed by atoms with E-state index in [0.29, 0.717) is 28.1 Å². The Hall–Kier alpha value is -3.87. The summed E-state index contributed by atoms with van der Waals surface area (Å²) in [6.45, 7) is 1.66. The molecule has 0 bridgehead atoms. The number of alkyl halides is 3. The smallest absolute Gasteiger partial charge is 0.395 e. The van der Waals surface area contributed by atoms with E-state index in [1.807, 2.05) is 0 Å². The third-order valence-electron chi connectivity index (χ3n) is 7.65. The maximum absolute atomic E-state index is 14.6. The van der Waals surface area contributed by atoms with Gasteiger partial charge in [0.25, 0.3) is 0 Å². The van der Waals surface area contributed by atoms with Crippen LogP contribution in [0, 0.1) is 5.82 Å². The molecule has 0 unspecified atom stereocenters. The number of β-amino-alcohol motifs (C(OH)–C–C–N with tert-alkyl or cyclic N) is 1. The molecule has 0 saturated carbocycles. The van der Waals surface area contributed by atoms with Crippen LogP contribution in [-0.4, -0.2) is 52.8 Å². The second-order valence-electron chi connectivity index (χ2n) is 10.6. The first kappa shape index (κ1) is 28.7. The number of halogens is 4.